The lowest BCUT2D eigenvalue weighted by atomic mass is 9.95. The van der Waals surface area contributed by atoms with Crippen LogP contribution in [0.2, 0.25) is 0 Å². The summed E-state index contributed by atoms with van der Waals surface area (Å²) < 4.78 is 33.8. The summed E-state index contributed by atoms with van der Waals surface area (Å²) in [6, 6.07) is 8.72. The molecule has 144 valence electrons. The average molecular weight is 424 g/mol. The van der Waals surface area contributed by atoms with Gasteiger partial charge in [0, 0.05) is 17.0 Å². The number of hydrogen-bond donors (Lipinski definition) is 2. The third kappa shape index (κ3) is 3.95. The van der Waals surface area contributed by atoms with Crippen molar-refractivity contribution in [3.05, 3.63) is 68.0 Å². The fraction of sp³-hybridized carbons (Fsp3) is 0.263. The molecule has 8 heteroatoms. The first-order valence-corrected chi connectivity index (χ1v) is 11.5. The maximum absolute atomic E-state index is 13.0. The van der Waals surface area contributed by atoms with Gasteiger partial charge in [-0.1, -0.05) is 6.07 Å². The lowest BCUT2D eigenvalue weighted by molar-refractivity contribution is 0.0903. The van der Waals surface area contributed by atoms with Crippen LogP contribution in [0, 0.1) is 13.8 Å². The molecule has 0 spiro atoms. The summed E-state index contributed by atoms with van der Waals surface area (Å²) in [5.41, 5.74) is 1.01. The van der Waals surface area contributed by atoms with Crippen LogP contribution in [0.15, 0.2) is 51.4 Å². The molecular weight excluding hydrogens is 402 g/mol. The number of thiophene rings is 2. The van der Waals surface area contributed by atoms with Gasteiger partial charge in [0.05, 0.1) is 7.11 Å². The van der Waals surface area contributed by atoms with Crippen molar-refractivity contribution in [3.8, 4) is 5.75 Å². The second kappa shape index (κ2) is 7.73. The van der Waals surface area contributed by atoms with Gasteiger partial charge in [0.25, 0.3) is 0 Å². The van der Waals surface area contributed by atoms with E-state index in [1.165, 1.54) is 29.8 Å². The Morgan fingerprint density at radius 1 is 1.19 bits per heavy atom. The maximum Gasteiger partial charge on any atom is 0.244 e. The Hall–Kier alpha value is -1.71. The molecule has 0 saturated carbocycles. The van der Waals surface area contributed by atoms with Crippen molar-refractivity contribution in [2.45, 2.75) is 24.3 Å². The van der Waals surface area contributed by atoms with Gasteiger partial charge in [-0.05, 0) is 65.4 Å². The van der Waals surface area contributed by atoms with E-state index in [1.807, 2.05) is 36.1 Å². The van der Waals surface area contributed by atoms with Crippen molar-refractivity contribution in [2.24, 2.45) is 0 Å². The molecule has 2 aromatic heterocycles. The van der Waals surface area contributed by atoms with Gasteiger partial charge in [0.2, 0.25) is 10.0 Å². The van der Waals surface area contributed by atoms with Crippen LogP contribution < -0.4 is 9.46 Å². The third-order valence-corrected chi connectivity index (χ3v) is 7.64. The van der Waals surface area contributed by atoms with Gasteiger partial charge in [0.15, 0.2) is 0 Å². The van der Waals surface area contributed by atoms with E-state index in [0.29, 0.717) is 10.4 Å². The molecule has 27 heavy (non-hydrogen) atoms. The van der Waals surface area contributed by atoms with Crippen LogP contribution >= 0.6 is 22.7 Å². The van der Waals surface area contributed by atoms with Gasteiger partial charge in [0.1, 0.15) is 16.2 Å². The van der Waals surface area contributed by atoms with Crippen LogP contribution in [0.25, 0.3) is 0 Å². The highest BCUT2D eigenvalue weighted by Gasteiger charge is 2.35. The zero-order chi connectivity index (χ0) is 19.7. The summed E-state index contributed by atoms with van der Waals surface area (Å²) in [6.45, 7) is 3.57. The number of rotatable bonds is 7. The highest BCUT2D eigenvalue weighted by atomic mass is 32.2. The predicted octanol–water partition coefficient (Wildman–Crippen LogP) is 3.65. The van der Waals surface area contributed by atoms with Gasteiger partial charge in [-0.15, -0.1) is 11.3 Å². The number of methoxy groups -OCH3 is 1. The minimum atomic E-state index is -3.88. The normalized spacial score (nSPS) is 14.1. The van der Waals surface area contributed by atoms with Gasteiger partial charge in [-0.25, -0.2) is 13.1 Å². The number of benzene rings is 1. The third-order valence-electron chi connectivity index (χ3n) is 4.52. The Labute approximate surface area is 167 Å². The molecule has 0 saturated heterocycles. The van der Waals surface area contributed by atoms with Crippen LogP contribution in [-0.2, 0) is 15.6 Å². The smallest absolute Gasteiger partial charge is 0.244 e. The van der Waals surface area contributed by atoms with Gasteiger partial charge in [-0.3, -0.25) is 0 Å². The summed E-state index contributed by atoms with van der Waals surface area (Å²) in [7, 11) is -2.44. The van der Waals surface area contributed by atoms with Crippen LogP contribution in [0.1, 0.15) is 21.6 Å². The molecule has 0 unspecified atom stereocenters. The Bertz CT molecular complexity index is 975. The van der Waals surface area contributed by atoms with Gasteiger partial charge in [-0.2, -0.15) is 11.3 Å². The number of hydrogen-bond acceptors (Lipinski definition) is 6. The molecule has 5 nitrogen and oxygen atoms in total. The molecule has 1 aromatic carbocycles. The predicted molar refractivity (Wildman–Crippen MR) is 109 cm³/mol. The van der Waals surface area contributed by atoms with Crippen molar-refractivity contribution in [2.75, 3.05) is 13.7 Å². The van der Waals surface area contributed by atoms with E-state index in [-0.39, 0.29) is 17.2 Å². The summed E-state index contributed by atoms with van der Waals surface area (Å²) in [4.78, 5) is 0.739. The molecule has 0 bridgehead atoms. The van der Waals surface area contributed by atoms with Crippen LogP contribution in [0.5, 0.6) is 5.75 Å². The molecule has 1 atom stereocenters. The Kier molecular flexibility index (Phi) is 5.73. The lowest BCUT2D eigenvalue weighted by Crippen LogP contribution is -2.41. The number of aryl methyl sites for hydroxylation is 2. The maximum atomic E-state index is 13.0. The van der Waals surface area contributed by atoms with E-state index in [4.69, 9.17) is 4.74 Å². The Balaban J connectivity index is 1.95. The monoisotopic (exact) mass is 423 g/mol. The first-order valence-electron chi connectivity index (χ1n) is 8.22. The quantitative estimate of drug-likeness (QED) is 0.608. The van der Waals surface area contributed by atoms with Crippen LogP contribution in [-0.4, -0.2) is 27.2 Å². The standard InChI is InChI=1S/C19H21NO4S3/c1-13-9-16(24-3)17(10-14(13)2)27(22,23)20-12-19(21,15-6-8-25-11-15)18-5-4-7-26-18/h4-11,20-21H,12H2,1-3H3/t19-/m0/s1. The molecule has 2 heterocycles. The minimum absolute atomic E-state index is 0.0620. The van der Waals surface area contributed by atoms with Crippen molar-refractivity contribution in [3.63, 3.8) is 0 Å². The molecule has 0 fully saturated rings. The molecule has 0 amide bonds. The van der Waals surface area contributed by atoms with E-state index < -0.39 is 15.6 Å². The molecule has 0 aliphatic carbocycles. The fourth-order valence-corrected chi connectivity index (χ4v) is 5.62. The zero-order valence-electron chi connectivity index (χ0n) is 15.2. The average Bonchev–Trinajstić information content (AvgIpc) is 3.35. The molecule has 3 aromatic rings. The Morgan fingerprint density at radius 2 is 1.93 bits per heavy atom. The number of sulfonamides is 1. The van der Waals surface area contributed by atoms with E-state index in [2.05, 4.69) is 4.72 Å². The minimum Gasteiger partial charge on any atom is -0.495 e. The van der Waals surface area contributed by atoms with E-state index in [0.717, 1.165) is 11.1 Å². The van der Waals surface area contributed by atoms with Crippen molar-refractivity contribution in [1.29, 1.82) is 0 Å². The zero-order valence-corrected chi connectivity index (χ0v) is 17.7. The fourth-order valence-electron chi connectivity index (χ4n) is 2.76. The highest BCUT2D eigenvalue weighted by molar-refractivity contribution is 7.89. The first kappa shape index (κ1) is 20.0. The van der Waals surface area contributed by atoms with E-state index in [1.54, 1.807) is 24.3 Å². The largest absolute Gasteiger partial charge is 0.495 e. The molecule has 0 aliphatic rings. The van der Waals surface area contributed by atoms with E-state index in [9.17, 15) is 13.5 Å². The second-order valence-corrected chi connectivity index (χ2v) is 9.72. The van der Waals surface area contributed by atoms with Crippen molar-refractivity contribution in [1.82, 2.24) is 4.72 Å². The van der Waals surface area contributed by atoms with Crippen molar-refractivity contribution < 1.29 is 18.3 Å². The number of aliphatic hydroxyl groups is 1. The van der Waals surface area contributed by atoms with Crippen LogP contribution in [0.3, 0.4) is 0 Å². The number of ether oxygens (including phenoxy) is 1. The number of nitrogens with one attached hydrogen (secondary N) is 1. The van der Waals surface area contributed by atoms with Gasteiger partial charge < -0.3 is 9.84 Å². The topological polar surface area (TPSA) is 75.6 Å². The summed E-state index contributed by atoms with van der Waals surface area (Å²) in [5, 5.41) is 16.9. The molecule has 0 radical (unpaired) electrons. The highest BCUT2D eigenvalue weighted by Crippen LogP contribution is 2.34. The Morgan fingerprint density at radius 3 is 2.52 bits per heavy atom. The molecular formula is C19H21NO4S3. The first-order chi connectivity index (χ1) is 12.8. The summed E-state index contributed by atoms with van der Waals surface area (Å²) in [5.74, 6) is 0.279. The van der Waals surface area contributed by atoms with E-state index >= 15 is 0 Å². The van der Waals surface area contributed by atoms with Crippen molar-refractivity contribution >= 4 is 32.7 Å². The summed E-state index contributed by atoms with van der Waals surface area (Å²) >= 11 is 2.83. The molecule has 0 aliphatic heterocycles. The van der Waals surface area contributed by atoms with Gasteiger partial charge >= 0.3 is 0 Å². The lowest BCUT2D eigenvalue weighted by Gasteiger charge is -2.27. The SMILES string of the molecule is COc1cc(C)c(C)cc1S(=O)(=O)NC[C@](O)(c1ccsc1)c1cccs1. The second-order valence-electron chi connectivity index (χ2n) is 6.26. The van der Waals surface area contributed by atoms with Crippen LogP contribution in [0.4, 0.5) is 0 Å². The molecule has 3 rings (SSSR count). The summed E-state index contributed by atoms with van der Waals surface area (Å²) in [6.07, 6.45) is 0. The molecule has 2 N–H and O–H groups in total.